The van der Waals surface area contributed by atoms with Gasteiger partial charge in [0.25, 0.3) is 0 Å². The largest absolute Gasteiger partial charge is 0.435 e. The zero-order valence-electron chi connectivity index (χ0n) is 11.8. The summed E-state index contributed by atoms with van der Waals surface area (Å²) >= 11 is 11.4. The fourth-order valence-electron chi connectivity index (χ4n) is 1.99. The van der Waals surface area contributed by atoms with Crippen LogP contribution in [0.1, 0.15) is 17.2 Å². The average Bonchev–Trinajstić information content (AvgIpc) is 2.94. The van der Waals surface area contributed by atoms with E-state index >= 15 is 0 Å². The summed E-state index contributed by atoms with van der Waals surface area (Å²) in [6, 6.07) is 3.94. The summed E-state index contributed by atoms with van der Waals surface area (Å²) in [7, 11) is 0. The molecule has 3 rings (SSSR count). The molecular weight excluding hydrogens is 366 g/mol. The van der Waals surface area contributed by atoms with Crippen molar-refractivity contribution in [3.63, 3.8) is 0 Å². The van der Waals surface area contributed by atoms with Crippen molar-refractivity contribution >= 4 is 23.2 Å². The van der Waals surface area contributed by atoms with E-state index in [1.165, 1.54) is 30.7 Å². The molecule has 0 aromatic carbocycles. The van der Waals surface area contributed by atoms with Crippen molar-refractivity contribution in [1.82, 2.24) is 24.7 Å². The van der Waals surface area contributed by atoms with Crippen LogP contribution >= 0.6 is 23.2 Å². The van der Waals surface area contributed by atoms with Crippen molar-refractivity contribution in [3.8, 4) is 5.69 Å². The molecule has 5 nitrogen and oxygen atoms in total. The van der Waals surface area contributed by atoms with E-state index in [9.17, 15) is 13.2 Å². The molecule has 0 bridgehead atoms. The van der Waals surface area contributed by atoms with Gasteiger partial charge in [-0.05, 0) is 18.2 Å². The summed E-state index contributed by atoms with van der Waals surface area (Å²) in [5.74, 6) is 0.316. The van der Waals surface area contributed by atoms with E-state index in [2.05, 4.69) is 20.1 Å². The highest BCUT2D eigenvalue weighted by atomic mass is 35.5. The summed E-state index contributed by atoms with van der Waals surface area (Å²) in [5.41, 5.74) is -0.408. The lowest BCUT2D eigenvalue weighted by Gasteiger charge is -2.06. The summed E-state index contributed by atoms with van der Waals surface area (Å²) in [6.07, 6.45) is -0.441. The second-order valence-electron chi connectivity index (χ2n) is 4.76. The first-order chi connectivity index (χ1) is 11.3. The van der Waals surface area contributed by atoms with Crippen LogP contribution in [-0.4, -0.2) is 24.7 Å². The van der Waals surface area contributed by atoms with Gasteiger partial charge in [0.2, 0.25) is 0 Å². The molecule has 0 aliphatic rings. The third-order valence-corrected chi connectivity index (χ3v) is 3.46. The lowest BCUT2D eigenvalue weighted by Crippen LogP contribution is -2.08. The number of nitrogens with zero attached hydrogens (tertiary/aromatic N) is 5. The Labute approximate surface area is 144 Å². The monoisotopic (exact) mass is 373 g/mol. The molecule has 24 heavy (non-hydrogen) atoms. The molecule has 124 valence electrons. The summed E-state index contributed by atoms with van der Waals surface area (Å²) in [4.78, 5) is 11.8. The van der Waals surface area contributed by atoms with Crippen LogP contribution in [0.15, 0.2) is 36.8 Å². The Morgan fingerprint density at radius 2 is 1.71 bits per heavy atom. The first kappa shape index (κ1) is 16.7. The molecule has 0 spiro atoms. The first-order valence-corrected chi connectivity index (χ1v) is 7.33. The topological polar surface area (TPSA) is 56.5 Å². The minimum atomic E-state index is -4.57. The number of hydrogen-bond donors (Lipinski definition) is 0. The van der Waals surface area contributed by atoms with Gasteiger partial charge in [-0.2, -0.15) is 18.3 Å². The van der Waals surface area contributed by atoms with Gasteiger partial charge in [0.15, 0.2) is 5.69 Å². The highest BCUT2D eigenvalue weighted by Crippen LogP contribution is 2.30. The molecule has 0 aliphatic heterocycles. The molecule has 3 aromatic heterocycles. The molecule has 0 saturated carbocycles. The Morgan fingerprint density at radius 1 is 1.00 bits per heavy atom. The SMILES string of the molecule is FC(F)(F)c1cc(Cc2ncc(Cl)cn2)n(-c2ccc(Cl)nc2)n1. The summed E-state index contributed by atoms with van der Waals surface area (Å²) in [5, 5.41) is 4.19. The molecule has 0 amide bonds. The predicted molar refractivity (Wildman–Crippen MR) is 81.2 cm³/mol. The number of halogens is 5. The molecule has 10 heteroatoms. The van der Waals surface area contributed by atoms with E-state index in [-0.39, 0.29) is 17.3 Å². The number of hydrogen-bond acceptors (Lipinski definition) is 4. The van der Waals surface area contributed by atoms with Gasteiger partial charge in [0, 0.05) is 12.4 Å². The zero-order chi connectivity index (χ0) is 17.3. The Morgan fingerprint density at radius 3 is 2.29 bits per heavy atom. The van der Waals surface area contributed by atoms with Gasteiger partial charge in [0.05, 0.1) is 29.0 Å². The van der Waals surface area contributed by atoms with Crippen LogP contribution in [0.2, 0.25) is 10.2 Å². The normalized spacial score (nSPS) is 11.7. The molecule has 3 heterocycles. The van der Waals surface area contributed by atoms with Crippen molar-refractivity contribution < 1.29 is 13.2 Å². The molecule has 0 N–H and O–H groups in total. The smallest absolute Gasteiger partial charge is 0.242 e. The fourth-order valence-corrected chi connectivity index (χ4v) is 2.20. The Kier molecular flexibility index (Phi) is 4.42. The van der Waals surface area contributed by atoms with Crippen molar-refractivity contribution in [2.75, 3.05) is 0 Å². The summed E-state index contributed by atoms with van der Waals surface area (Å²) < 4.78 is 40.1. The van der Waals surface area contributed by atoms with E-state index in [1.54, 1.807) is 0 Å². The molecule has 0 fully saturated rings. The minimum Gasteiger partial charge on any atom is -0.242 e. The molecule has 0 unspecified atom stereocenters. The van der Waals surface area contributed by atoms with E-state index in [1.807, 2.05) is 0 Å². The van der Waals surface area contributed by atoms with E-state index < -0.39 is 11.9 Å². The van der Waals surface area contributed by atoms with Gasteiger partial charge < -0.3 is 0 Å². The van der Waals surface area contributed by atoms with E-state index in [4.69, 9.17) is 23.2 Å². The first-order valence-electron chi connectivity index (χ1n) is 6.57. The number of rotatable bonds is 3. The third-order valence-electron chi connectivity index (χ3n) is 3.04. The Balaban J connectivity index is 2.04. The summed E-state index contributed by atoms with van der Waals surface area (Å²) in [6.45, 7) is 0. The number of alkyl halides is 3. The lowest BCUT2D eigenvalue weighted by molar-refractivity contribution is -0.141. The van der Waals surface area contributed by atoms with E-state index in [0.717, 1.165) is 10.7 Å². The van der Waals surface area contributed by atoms with Crippen LogP contribution in [0.25, 0.3) is 5.69 Å². The second kappa shape index (κ2) is 6.37. The Hall–Kier alpha value is -2.19. The van der Waals surface area contributed by atoms with E-state index in [0.29, 0.717) is 16.5 Å². The lowest BCUT2D eigenvalue weighted by atomic mass is 10.2. The third kappa shape index (κ3) is 3.65. The number of aromatic nitrogens is 5. The predicted octanol–water partition coefficient (Wildman–Crippen LogP) is 3.97. The highest BCUT2D eigenvalue weighted by molar-refractivity contribution is 6.30. The van der Waals surface area contributed by atoms with Crippen molar-refractivity contribution in [2.45, 2.75) is 12.6 Å². The zero-order valence-corrected chi connectivity index (χ0v) is 13.3. The fraction of sp³-hybridized carbons (Fsp3) is 0.143. The number of pyridine rings is 1. The molecule has 0 radical (unpaired) electrons. The highest BCUT2D eigenvalue weighted by Gasteiger charge is 2.35. The maximum absolute atomic E-state index is 13.0. The van der Waals surface area contributed by atoms with Gasteiger partial charge in [-0.15, -0.1) is 0 Å². The molecule has 0 saturated heterocycles. The van der Waals surface area contributed by atoms with Gasteiger partial charge in [-0.1, -0.05) is 23.2 Å². The molecular formula is C14H8Cl2F3N5. The maximum Gasteiger partial charge on any atom is 0.435 e. The molecule has 3 aromatic rings. The average molecular weight is 374 g/mol. The quantitative estimate of drug-likeness (QED) is 0.651. The van der Waals surface area contributed by atoms with Crippen molar-refractivity contribution in [3.05, 3.63) is 64.2 Å². The van der Waals surface area contributed by atoms with Crippen molar-refractivity contribution in [2.24, 2.45) is 0 Å². The van der Waals surface area contributed by atoms with Crippen LogP contribution in [0.5, 0.6) is 0 Å². The van der Waals surface area contributed by atoms with Gasteiger partial charge in [-0.3, -0.25) is 0 Å². The van der Waals surface area contributed by atoms with Gasteiger partial charge >= 0.3 is 6.18 Å². The van der Waals surface area contributed by atoms with Crippen LogP contribution < -0.4 is 0 Å². The van der Waals surface area contributed by atoms with Crippen molar-refractivity contribution in [1.29, 1.82) is 0 Å². The van der Waals surface area contributed by atoms with Crippen LogP contribution in [0, 0.1) is 0 Å². The van der Waals surface area contributed by atoms with Gasteiger partial charge in [-0.25, -0.2) is 19.6 Å². The van der Waals surface area contributed by atoms with Crippen LogP contribution in [0.4, 0.5) is 13.2 Å². The Bertz CT molecular complexity index is 844. The molecule has 0 atom stereocenters. The standard InChI is InChI=1S/C14H8Cl2F3N5/c15-8-5-21-13(22-6-8)4-10-3-11(14(17,18)19)23-24(10)9-1-2-12(16)20-7-9/h1-3,5-7H,4H2. The van der Waals surface area contributed by atoms with Gasteiger partial charge in [0.1, 0.15) is 11.0 Å². The molecule has 0 aliphatic carbocycles. The second-order valence-corrected chi connectivity index (χ2v) is 5.59. The minimum absolute atomic E-state index is 0.0445. The maximum atomic E-state index is 13.0. The van der Waals surface area contributed by atoms with Crippen LogP contribution in [-0.2, 0) is 12.6 Å². The van der Waals surface area contributed by atoms with Crippen LogP contribution in [0.3, 0.4) is 0 Å².